The first kappa shape index (κ1) is 19.4. The summed E-state index contributed by atoms with van der Waals surface area (Å²) in [6.45, 7) is 0.174. The molecule has 0 fully saturated rings. The van der Waals surface area contributed by atoms with Crippen molar-refractivity contribution in [1.82, 2.24) is 5.32 Å². The summed E-state index contributed by atoms with van der Waals surface area (Å²) < 4.78 is 11.9. The second-order valence-corrected chi connectivity index (χ2v) is 6.65. The van der Waals surface area contributed by atoms with E-state index in [1.165, 1.54) is 25.3 Å². The largest absolute Gasteiger partial charge is 0.466 e. The molecule has 132 valence electrons. The number of nitro groups is 1. The average Bonchev–Trinajstić information content (AvgIpc) is 2.58. The first-order chi connectivity index (χ1) is 11.9. The first-order valence-electron chi connectivity index (χ1n) is 7.05. The molecule has 2 rings (SSSR count). The number of carbonyl (C=O) groups excluding carboxylic acids is 1. The third-order valence-corrected chi connectivity index (χ3v) is 4.24. The molecular weight excluding hydrogens is 460 g/mol. The standard InChI is InChI=1S/C16H14Br2N2O5/c1-24-9-25-15-10(6-11(17)7-13(15)18)8-19-16(21)12-4-2-3-5-14(12)20(22)23/h2-7H,8-9H2,1H3,(H,19,21). The number of nitrogens with one attached hydrogen (secondary N) is 1. The number of methoxy groups -OCH3 is 1. The van der Waals surface area contributed by atoms with Crippen LogP contribution in [0.25, 0.3) is 0 Å². The predicted molar refractivity (Wildman–Crippen MR) is 98.6 cm³/mol. The molecule has 2 aromatic carbocycles. The molecule has 0 atom stereocenters. The molecule has 0 bridgehead atoms. The highest BCUT2D eigenvalue weighted by atomic mass is 79.9. The van der Waals surface area contributed by atoms with E-state index < -0.39 is 10.8 Å². The zero-order chi connectivity index (χ0) is 18.4. The van der Waals surface area contributed by atoms with Gasteiger partial charge in [-0.1, -0.05) is 28.1 Å². The van der Waals surface area contributed by atoms with Gasteiger partial charge in [-0.05, 0) is 34.1 Å². The van der Waals surface area contributed by atoms with Crippen molar-refractivity contribution in [2.45, 2.75) is 6.54 Å². The molecule has 0 heterocycles. The van der Waals surface area contributed by atoms with Crippen LogP contribution in [0.4, 0.5) is 5.69 Å². The predicted octanol–water partition coefficient (Wildman–Crippen LogP) is 4.03. The minimum Gasteiger partial charge on any atom is -0.466 e. The lowest BCUT2D eigenvalue weighted by Gasteiger charge is -2.14. The third-order valence-electron chi connectivity index (χ3n) is 3.19. The number of nitro benzene ring substituents is 1. The summed E-state index contributed by atoms with van der Waals surface area (Å²) in [6, 6.07) is 9.37. The molecule has 9 heteroatoms. The van der Waals surface area contributed by atoms with Gasteiger partial charge in [-0.2, -0.15) is 0 Å². The van der Waals surface area contributed by atoms with Crippen LogP contribution in [0, 0.1) is 10.1 Å². The Hall–Kier alpha value is -1.97. The summed E-state index contributed by atoms with van der Waals surface area (Å²) >= 11 is 6.78. The summed E-state index contributed by atoms with van der Waals surface area (Å²) in [6.07, 6.45) is 0. The smallest absolute Gasteiger partial charge is 0.282 e. The van der Waals surface area contributed by atoms with Crippen LogP contribution in [-0.2, 0) is 11.3 Å². The van der Waals surface area contributed by atoms with Gasteiger partial charge in [0.25, 0.3) is 11.6 Å². The second-order valence-electron chi connectivity index (χ2n) is 4.88. The Kier molecular flexibility index (Phi) is 6.91. The molecule has 25 heavy (non-hydrogen) atoms. The van der Waals surface area contributed by atoms with Crippen LogP contribution in [-0.4, -0.2) is 24.7 Å². The third kappa shape index (κ3) is 5.00. The topological polar surface area (TPSA) is 90.7 Å². The van der Waals surface area contributed by atoms with Crippen LogP contribution in [0.3, 0.4) is 0 Å². The van der Waals surface area contributed by atoms with Crippen LogP contribution in [0.15, 0.2) is 45.3 Å². The summed E-state index contributed by atoms with van der Waals surface area (Å²) in [5.41, 5.74) is 0.442. The lowest BCUT2D eigenvalue weighted by molar-refractivity contribution is -0.385. The minimum absolute atomic E-state index is 0.000854. The van der Waals surface area contributed by atoms with Gasteiger partial charge in [0.1, 0.15) is 11.3 Å². The molecule has 1 amide bonds. The number of para-hydroxylation sites is 1. The molecule has 0 aliphatic rings. The molecule has 0 spiro atoms. The van der Waals surface area contributed by atoms with Crippen molar-refractivity contribution in [3.05, 3.63) is 66.6 Å². The van der Waals surface area contributed by atoms with E-state index in [-0.39, 0.29) is 24.6 Å². The quantitative estimate of drug-likeness (QED) is 0.372. The van der Waals surface area contributed by atoms with E-state index in [1.54, 1.807) is 18.2 Å². The van der Waals surface area contributed by atoms with Gasteiger partial charge >= 0.3 is 0 Å². The first-order valence-corrected chi connectivity index (χ1v) is 8.64. The average molecular weight is 474 g/mol. The van der Waals surface area contributed by atoms with Crippen molar-refractivity contribution in [3.63, 3.8) is 0 Å². The maximum atomic E-state index is 12.3. The fraction of sp³-hybridized carbons (Fsp3) is 0.188. The van der Waals surface area contributed by atoms with Crippen molar-refractivity contribution < 1.29 is 19.2 Å². The number of benzene rings is 2. The highest BCUT2D eigenvalue weighted by Crippen LogP contribution is 2.33. The molecule has 1 N–H and O–H groups in total. The Labute approximate surface area is 160 Å². The Morgan fingerprint density at radius 3 is 2.68 bits per heavy atom. The Bertz CT molecular complexity index is 798. The van der Waals surface area contributed by atoms with E-state index in [4.69, 9.17) is 9.47 Å². The summed E-state index contributed by atoms with van der Waals surface area (Å²) in [7, 11) is 1.50. The van der Waals surface area contributed by atoms with Gasteiger partial charge < -0.3 is 14.8 Å². The maximum Gasteiger partial charge on any atom is 0.282 e. The highest BCUT2D eigenvalue weighted by molar-refractivity contribution is 9.11. The number of nitrogens with zero attached hydrogens (tertiary/aromatic N) is 1. The molecular formula is C16H14Br2N2O5. The number of hydrogen-bond acceptors (Lipinski definition) is 5. The van der Waals surface area contributed by atoms with Gasteiger partial charge in [0.15, 0.2) is 6.79 Å². The molecule has 0 aliphatic heterocycles. The van der Waals surface area contributed by atoms with Gasteiger partial charge in [-0.25, -0.2) is 0 Å². The van der Waals surface area contributed by atoms with E-state index in [1.807, 2.05) is 0 Å². The summed E-state index contributed by atoms with van der Waals surface area (Å²) in [5.74, 6) is -0.0194. The van der Waals surface area contributed by atoms with Crippen LogP contribution in [0.2, 0.25) is 0 Å². The van der Waals surface area contributed by atoms with E-state index in [9.17, 15) is 14.9 Å². The fourth-order valence-corrected chi connectivity index (χ4v) is 3.55. The van der Waals surface area contributed by atoms with Gasteiger partial charge in [-0.3, -0.25) is 14.9 Å². The lowest BCUT2D eigenvalue weighted by atomic mass is 10.1. The highest BCUT2D eigenvalue weighted by Gasteiger charge is 2.19. The summed E-state index contributed by atoms with van der Waals surface area (Å²) in [5, 5.41) is 13.7. The minimum atomic E-state index is -0.586. The molecule has 0 aromatic heterocycles. The number of ether oxygens (including phenoxy) is 2. The number of carbonyl (C=O) groups is 1. The van der Waals surface area contributed by atoms with Gasteiger partial charge in [-0.15, -0.1) is 0 Å². The van der Waals surface area contributed by atoms with E-state index >= 15 is 0 Å². The zero-order valence-electron chi connectivity index (χ0n) is 13.1. The normalized spacial score (nSPS) is 10.4. The van der Waals surface area contributed by atoms with Crippen molar-refractivity contribution in [3.8, 4) is 5.75 Å². The Morgan fingerprint density at radius 1 is 1.28 bits per heavy atom. The fourth-order valence-electron chi connectivity index (χ4n) is 2.12. The molecule has 2 aromatic rings. The van der Waals surface area contributed by atoms with Crippen molar-refractivity contribution in [1.29, 1.82) is 0 Å². The van der Waals surface area contributed by atoms with Crippen molar-refractivity contribution >= 4 is 43.5 Å². The van der Waals surface area contributed by atoms with Crippen LogP contribution in [0.1, 0.15) is 15.9 Å². The van der Waals surface area contributed by atoms with E-state index in [0.29, 0.717) is 15.8 Å². The SMILES string of the molecule is COCOc1c(Br)cc(Br)cc1CNC(=O)c1ccccc1[N+](=O)[O-]. The molecule has 0 unspecified atom stereocenters. The monoisotopic (exact) mass is 472 g/mol. The van der Waals surface area contributed by atoms with Crippen LogP contribution in [0.5, 0.6) is 5.75 Å². The maximum absolute atomic E-state index is 12.3. The molecule has 7 nitrogen and oxygen atoms in total. The number of hydrogen-bond donors (Lipinski definition) is 1. The second kappa shape index (κ2) is 8.93. The molecule has 0 saturated heterocycles. The van der Waals surface area contributed by atoms with E-state index in [2.05, 4.69) is 37.2 Å². The Morgan fingerprint density at radius 2 is 2.00 bits per heavy atom. The van der Waals surface area contributed by atoms with Crippen LogP contribution < -0.4 is 10.1 Å². The number of amides is 1. The van der Waals surface area contributed by atoms with Crippen LogP contribution >= 0.6 is 31.9 Å². The van der Waals surface area contributed by atoms with Crippen molar-refractivity contribution in [2.24, 2.45) is 0 Å². The number of rotatable bonds is 7. The van der Waals surface area contributed by atoms with Gasteiger partial charge in [0.2, 0.25) is 0 Å². The molecule has 0 saturated carbocycles. The van der Waals surface area contributed by atoms with E-state index in [0.717, 1.165) is 4.47 Å². The lowest BCUT2D eigenvalue weighted by Crippen LogP contribution is -2.24. The molecule has 0 aliphatic carbocycles. The summed E-state index contributed by atoms with van der Waals surface area (Å²) in [4.78, 5) is 22.8. The molecule has 0 radical (unpaired) electrons. The van der Waals surface area contributed by atoms with Gasteiger partial charge in [0.05, 0.1) is 9.40 Å². The van der Waals surface area contributed by atoms with Crippen molar-refractivity contribution in [2.75, 3.05) is 13.9 Å². The van der Waals surface area contributed by atoms with Gasteiger partial charge in [0, 0.05) is 29.8 Å². The Balaban J connectivity index is 2.21. The number of halogens is 2. The zero-order valence-corrected chi connectivity index (χ0v) is 16.3.